The number of fused-ring (bicyclic) bond motifs is 2. The van der Waals surface area contributed by atoms with Gasteiger partial charge in [-0.05, 0) is 49.4 Å². The van der Waals surface area contributed by atoms with Crippen molar-refractivity contribution in [3.63, 3.8) is 0 Å². The first-order valence-corrected chi connectivity index (χ1v) is 10.7. The third-order valence-corrected chi connectivity index (χ3v) is 7.58. The van der Waals surface area contributed by atoms with Crippen LogP contribution in [0.25, 0.3) is 0 Å². The molecule has 26 heavy (non-hydrogen) atoms. The minimum absolute atomic E-state index is 0.0187. The molecule has 4 nitrogen and oxygen atoms in total. The van der Waals surface area contributed by atoms with Crippen LogP contribution >= 0.6 is 0 Å². The lowest BCUT2D eigenvalue weighted by Gasteiger charge is -2.46. The molecule has 1 spiro atoms. The molecular weight excluding hydrogens is 328 g/mol. The SMILES string of the molecule is CC(C)[C@H]1CC[C@H](C)C[C@@H]1OC(=O)[C@]12C[C@H]1CCC21OCC(C)(C)CO1. The van der Waals surface area contributed by atoms with Crippen LogP contribution in [-0.4, -0.2) is 31.1 Å². The monoisotopic (exact) mass is 364 g/mol. The van der Waals surface area contributed by atoms with Gasteiger partial charge < -0.3 is 14.2 Å². The molecule has 1 saturated heterocycles. The number of rotatable bonds is 3. The lowest BCUT2D eigenvalue weighted by atomic mass is 9.75. The van der Waals surface area contributed by atoms with Crippen molar-refractivity contribution in [2.75, 3.05) is 13.2 Å². The van der Waals surface area contributed by atoms with Crippen LogP contribution in [0.4, 0.5) is 0 Å². The average Bonchev–Trinajstić information content (AvgIpc) is 3.24. The number of carbonyl (C=O) groups excluding carboxylic acids is 1. The van der Waals surface area contributed by atoms with Gasteiger partial charge in [-0.25, -0.2) is 0 Å². The number of carbonyl (C=O) groups is 1. The zero-order chi connectivity index (χ0) is 18.7. The van der Waals surface area contributed by atoms with E-state index >= 15 is 0 Å². The molecule has 0 radical (unpaired) electrons. The van der Waals surface area contributed by atoms with E-state index in [0.29, 0.717) is 36.9 Å². The zero-order valence-corrected chi connectivity index (χ0v) is 17.2. The van der Waals surface area contributed by atoms with Gasteiger partial charge in [-0.2, -0.15) is 0 Å². The summed E-state index contributed by atoms with van der Waals surface area (Å²) in [4.78, 5) is 13.4. The van der Waals surface area contributed by atoms with Crippen molar-refractivity contribution < 1.29 is 19.0 Å². The highest BCUT2D eigenvalue weighted by molar-refractivity contribution is 5.83. The molecule has 1 heterocycles. The van der Waals surface area contributed by atoms with Gasteiger partial charge in [0.05, 0.1) is 13.2 Å². The van der Waals surface area contributed by atoms with E-state index in [0.717, 1.165) is 25.7 Å². The smallest absolute Gasteiger partial charge is 0.318 e. The molecule has 4 rings (SSSR count). The van der Waals surface area contributed by atoms with Crippen LogP contribution in [-0.2, 0) is 19.0 Å². The summed E-state index contributed by atoms with van der Waals surface area (Å²) in [5.41, 5.74) is -0.517. The van der Waals surface area contributed by atoms with Crippen LogP contribution in [0.5, 0.6) is 0 Å². The molecule has 3 saturated carbocycles. The van der Waals surface area contributed by atoms with E-state index in [9.17, 15) is 4.79 Å². The maximum absolute atomic E-state index is 13.4. The molecule has 0 aromatic carbocycles. The molecule has 4 aliphatic rings. The Balaban J connectivity index is 1.50. The summed E-state index contributed by atoms with van der Waals surface area (Å²) in [7, 11) is 0. The molecule has 4 heteroatoms. The summed E-state index contributed by atoms with van der Waals surface area (Å²) in [6.45, 7) is 12.4. The summed E-state index contributed by atoms with van der Waals surface area (Å²) in [6.07, 6.45) is 6.19. The highest BCUT2D eigenvalue weighted by Crippen LogP contribution is 2.71. The first-order valence-electron chi connectivity index (χ1n) is 10.7. The molecule has 0 aromatic rings. The summed E-state index contributed by atoms with van der Waals surface area (Å²) in [6, 6.07) is 0. The van der Waals surface area contributed by atoms with Gasteiger partial charge in [0.2, 0.25) is 0 Å². The minimum Gasteiger partial charge on any atom is -0.461 e. The fourth-order valence-electron chi connectivity index (χ4n) is 5.74. The van der Waals surface area contributed by atoms with Crippen molar-refractivity contribution in [2.24, 2.45) is 34.5 Å². The second kappa shape index (κ2) is 6.20. The summed E-state index contributed by atoms with van der Waals surface area (Å²) in [5, 5.41) is 0. The van der Waals surface area contributed by atoms with E-state index in [4.69, 9.17) is 14.2 Å². The van der Waals surface area contributed by atoms with E-state index in [1.54, 1.807) is 0 Å². The molecule has 0 N–H and O–H groups in total. The Labute approximate surface area is 158 Å². The standard InChI is InChI=1S/C22H36O4/c1-14(2)17-7-6-15(3)10-18(17)26-19(23)21-11-16(21)8-9-22(21)24-12-20(4,5)13-25-22/h14-18H,6-13H2,1-5H3/t15-,16+,17+,18-,21-/m0/s1. The van der Waals surface area contributed by atoms with Crippen molar-refractivity contribution in [3.05, 3.63) is 0 Å². The minimum atomic E-state index is -0.724. The van der Waals surface area contributed by atoms with Crippen LogP contribution in [0.2, 0.25) is 0 Å². The van der Waals surface area contributed by atoms with Crippen LogP contribution in [0.3, 0.4) is 0 Å². The van der Waals surface area contributed by atoms with Gasteiger partial charge in [0.15, 0.2) is 5.79 Å². The largest absolute Gasteiger partial charge is 0.461 e. The van der Waals surface area contributed by atoms with Crippen molar-refractivity contribution in [1.29, 1.82) is 0 Å². The summed E-state index contributed by atoms with van der Waals surface area (Å²) >= 11 is 0. The van der Waals surface area contributed by atoms with E-state index in [1.165, 1.54) is 12.8 Å². The zero-order valence-electron chi connectivity index (χ0n) is 17.2. The molecule has 1 aliphatic heterocycles. The van der Waals surface area contributed by atoms with E-state index < -0.39 is 11.2 Å². The topological polar surface area (TPSA) is 44.8 Å². The van der Waals surface area contributed by atoms with E-state index in [1.807, 2.05) is 0 Å². The maximum Gasteiger partial charge on any atom is 0.318 e. The Hall–Kier alpha value is -0.610. The second-order valence-corrected chi connectivity index (χ2v) is 10.7. The Morgan fingerprint density at radius 1 is 1.12 bits per heavy atom. The Kier molecular flexibility index (Phi) is 4.47. The van der Waals surface area contributed by atoms with Crippen LogP contribution < -0.4 is 0 Å². The quantitative estimate of drug-likeness (QED) is 0.689. The van der Waals surface area contributed by atoms with Crippen LogP contribution in [0.1, 0.15) is 73.1 Å². The molecule has 0 bridgehead atoms. The first-order chi connectivity index (χ1) is 12.2. The van der Waals surface area contributed by atoms with Gasteiger partial charge in [-0.3, -0.25) is 4.79 Å². The fraction of sp³-hybridized carbons (Fsp3) is 0.955. The number of hydrogen-bond acceptors (Lipinski definition) is 4. The summed E-state index contributed by atoms with van der Waals surface area (Å²) < 4.78 is 18.8. The van der Waals surface area contributed by atoms with Crippen molar-refractivity contribution in [1.82, 2.24) is 0 Å². The summed E-state index contributed by atoms with van der Waals surface area (Å²) in [5.74, 6) is 1.29. The lowest BCUT2D eigenvalue weighted by molar-refractivity contribution is -0.323. The normalized spacial score (nSPS) is 43.3. The average molecular weight is 365 g/mol. The van der Waals surface area contributed by atoms with Crippen molar-refractivity contribution in [3.8, 4) is 0 Å². The van der Waals surface area contributed by atoms with Crippen molar-refractivity contribution in [2.45, 2.75) is 85.0 Å². The fourth-order valence-corrected chi connectivity index (χ4v) is 5.74. The first kappa shape index (κ1) is 18.7. The highest BCUT2D eigenvalue weighted by Gasteiger charge is 2.79. The van der Waals surface area contributed by atoms with Gasteiger partial charge in [-0.1, -0.05) is 41.0 Å². The molecule has 5 atom stereocenters. The van der Waals surface area contributed by atoms with Gasteiger partial charge in [-0.15, -0.1) is 0 Å². The molecule has 0 amide bonds. The number of ether oxygens (including phenoxy) is 3. The third-order valence-electron chi connectivity index (χ3n) is 7.58. The molecule has 148 valence electrons. The van der Waals surface area contributed by atoms with Crippen molar-refractivity contribution >= 4 is 5.97 Å². The third kappa shape index (κ3) is 2.83. The second-order valence-electron chi connectivity index (χ2n) is 10.7. The van der Waals surface area contributed by atoms with Crippen LogP contribution in [0, 0.1) is 34.5 Å². The van der Waals surface area contributed by atoms with Gasteiger partial charge in [0, 0.05) is 11.8 Å². The highest BCUT2D eigenvalue weighted by atomic mass is 16.7. The predicted molar refractivity (Wildman–Crippen MR) is 99.4 cm³/mol. The number of hydrogen-bond donors (Lipinski definition) is 0. The van der Waals surface area contributed by atoms with E-state index in [2.05, 4.69) is 34.6 Å². The van der Waals surface area contributed by atoms with E-state index in [-0.39, 0.29) is 17.5 Å². The number of esters is 1. The Bertz CT molecular complexity index is 558. The van der Waals surface area contributed by atoms with Gasteiger partial charge in [0.1, 0.15) is 11.5 Å². The van der Waals surface area contributed by atoms with Crippen LogP contribution in [0.15, 0.2) is 0 Å². The lowest BCUT2D eigenvalue weighted by Crippen LogP contribution is -2.55. The molecular formula is C22H36O4. The van der Waals surface area contributed by atoms with Gasteiger partial charge >= 0.3 is 5.97 Å². The maximum atomic E-state index is 13.4. The molecule has 0 aromatic heterocycles. The Morgan fingerprint density at radius 2 is 1.81 bits per heavy atom. The molecule has 4 fully saturated rings. The molecule has 3 aliphatic carbocycles. The molecule has 0 unspecified atom stereocenters. The van der Waals surface area contributed by atoms with Gasteiger partial charge in [0.25, 0.3) is 0 Å². The Morgan fingerprint density at radius 3 is 2.42 bits per heavy atom. The predicted octanol–water partition coefficient (Wildman–Crippen LogP) is 4.56.